The molecule has 0 unspecified atom stereocenters. The van der Waals surface area contributed by atoms with Gasteiger partial charge in [-0.15, -0.1) is 0 Å². The van der Waals surface area contributed by atoms with Crippen molar-refractivity contribution < 1.29 is 4.79 Å². The highest BCUT2D eigenvalue weighted by Crippen LogP contribution is 2.12. The quantitative estimate of drug-likeness (QED) is 0.688. The van der Waals surface area contributed by atoms with E-state index >= 15 is 0 Å². The number of hydrogen-bond donors (Lipinski definition) is 3. The summed E-state index contributed by atoms with van der Waals surface area (Å²) in [5.41, 5.74) is 6.99. The Bertz CT molecular complexity index is 559. The summed E-state index contributed by atoms with van der Waals surface area (Å²) in [5, 5.41) is 5.97. The molecule has 1 amide bonds. The van der Waals surface area contributed by atoms with Gasteiger partial charge in [0, 0.05) is 37.2 Å². The fourth-order valence-electron chi connectivity index (χ4n) is 1.67. The van der Waals surface area contributed by atoms with Gasteiger partial charge in [0.2, 0.25) is 0 Å². The second-order valence-electron chi connectivity index (χ2n) is 4.21. The van der Waals surface area contributed by atoms with E-state index in [1.54, 1.807) is 42.9 Å². The van der Waals surface area contributed by atoms with E-state index in [1.165, 1.54) is 0 Å². The molecule has 0 saturated carbocycles. The monoisotopic (exact) mass is 271 g/mol. The van der Waals surface area contributed by atoms with Crippen LogP contribution in [0.5, 0.6) is 0 Å². The summed E-state index contributed by atoms with van der Waals surface area (Å²) in [4.78, 5) is 19.7. The molecule has 0 aliphatic carbocycles. The molecule has 2 aromatic heterocycles. The molecule has 0 bridgehead atoms. The van der Waals surface area contributed by atoms with Crippen LogP contribution in [-0.2, 0) is 0 Å². The van der Waals surface area contributed by atoms with Crippen LogP contribution in [0.3, 0.4) is 0 Å². The van der Waals surface area contributed by atoms with E-state index in [-0.39, 0.29) is 5.91 Å². The summed E-state index contributed by atoms with van der Waals surface area (Å²) in [6.07, 6.45) is 5.66. The summed E-state index contributed by atoms with van der Waals surface area (Å²) in [5.74, 6) is 0.581. The first-order valence-corrected chi connectivity index (χ1v) is 6.40. The molecule has 2 rings (SSSR count). The molecule has 0 radical (unpaired) electrons. The summed E-state index contributed by atoms with van der Waals surface area (Å²) < 4.78 is 0. The van der Waals surface area contributed by atoms with Crippen molar-refractivity contribution in [2.75, 3.05) is 24.1 Å². The molecule has 2 heterocycles. The van der Waals surface area contributed by atoms with E-state index in [1.807, 2.05) is 0 Å². The van der Waals surface area contributed by atoms with E-state index in [0.717, 1.165) is 6.42 Å². The third-order valence-corrected chi connectivity index (χ3v) is 2.71. The van der Waals surface area contributed by atoms with Gasteiger partial charge in [0.05, 0.1) is 5.69 Å². The Kier molecular flexibility index (Phi) is 4.88. The molecule has 4 N–H and O–H groups in total. The Labute approximate surface area is 117 Å². The van der Waals surface area contributed by atoms with Crippen molar-refractivity contribution in [3.05, 3.63) is 48.4 Å². The lowest BCUT2D eigenvalue weighted by molar-refractivity contribution is 0.0953. The van der Waals surface area contributed by atoms with Gasteiger partial charge in [-0.25, -0.2) is 4.98 Å². The maximum Gasteiger partial charge on any atom is 0.251 e. The minimum Gasteiger partial charge on any atom is -0.396 e. The lowest BCUT2D eigenvalue weighted by Crippen LogP contribution is -2.25. The molecule has 20 heavy (non-hydrogen) atoms. The number of anilines is 2. The van der Waals surface area contributed by atoms with Crippen molar-refractivity contribution in [3.63, 3.8) is 0 Å². The zero-order chi connectivity index (χ0) is 14.2. The molecule has 2 aromatic rings. The molecule has 6 heteroatoms. The fraction of sp³-hybridized carbons (Fsp3) is 0.214. The van der Waals surface area contributed by atoms with Gasteiger partial charge >= 0.3 is 0 Å². The highest BCUT2D eigenvalue weighted by Gasteiger charge is 2.03. The van der Waals surface area contributed by atoms with Crippen LogP contribution in [-0.4, -0.2) is 29.0 Å². The Hall–Kier alpha value is -2.63. The van der Waals surface area contributed by atoms with E-state index < -0.39 is 0 Å². The van der Waals surface area contributed by atoms with Crippen LogP contribution in [0.2, 0.25) is 0 Å². The number of carbonyl (C=O) groups is 1. The molecule has 104 valence electrons. The van der Waals surface area contributed by atoms with Crippen LogP contribution in [0.1, 0.15) is 16.8 Å². The third kappa shape index (κ3) is 3.94. The smallest absolute Gasteiger partial charge is 0.251 e. The van der Waals surface area contributed by atoms with Gasteiger partial charge in [-0.3, -0.25) is 9.78 Å². The summed E-state index contributed by atoms with van der Waals surface area (Å²) in [7, 11) is 0. The molecule has 0 aliphatic heterocycles. The highest BCUT2D eigenvalue weighted by atomic mass is 16.1. The standard InChI is InChI=1S/C14H17N5O/c15-12-3-1-6-17-13(12)18-7-2-8-19-14(20)11-4-9-16-10-5-11/h1,3-6,9-10H,2,7-8,15H2,(H,17,18)(H,19,20). The zero-order valence-electron chi connectivity index (χ0n) is 11.0. The number of nitrogens with zero attached hydrogens (tertiary/aromatic N) is 2. The lowest BCUT2D eigenvalue weighted by Gasteiger charge is -2.08. The van der Waals surface area contributed by atoms with E-state index in [4.69, 9.17) is 5.73 Å². The molecular formula is C14H17N5O. The minimum atomic E-state index is -0.0928. The van der Waals surface area contributed by atoms with E-state index in [2.05, 4.69) is 20.6 Å². The number of carbonyl (C=O) groups excluding carboxylic acids is 1. The van der Waals surface area contributed by atoms with Crippen molar-refractivity contribution in [2.24, 2.45) is 0 Å². The number of nitrogens with two attached hydrogens (primary N) is 1. The fourth-order valence-corrected chi connectivity index (χ4v) is 1.67. The van der Waals surface area contributed by atoms with Crippen molar-refractivity contribution in [1.82, 2.24) is 15.3 Å². The van der Waals surface area contributed by atoms with Gasteiger partial charge in [0.15, 0.2) is 0 Å². The van der Waals surface area contributed by atoms with Crippen LogP contribution in [0.25, 0.3) is 0 Å². The summed E-state index contributed by atoms with van der Waals surface area (Å²) in [6.45, 7) is 1.28. The highest BCUT2D eigenvalue weighted by molar-refractivity contribution is 5.93. The summed E-state index contributed by atoms with van der Waals surface area (Å²) >= 11 is 0. The molecule has 0 saturated heterocycles. The number of aromatic nitrogens is 2. The van der Waals surface area contributed by atoms with Crippen molar-refractivity contribution in [2.45, 2.75) is 6.42 Å². The van der Waals surface area contributed by atoms with Crippen LogP contribution in [0, 0.1) is 0 Å². The first-order valence-electron chi connectivity index (χ1n) is 6.40. The van der Waals surface area contributed by atoms with Gasteiger partial charge in [-0.05, 0) is 30.7 Å². The number of pyridine rings is 2. The zero-order valence-corrected chi connectivity index (χ0v) is 11.0. The van der Waals surface area contributed by atoms with Gasteiger partial charge in [-0.1, -0.05) is 0 Å². The first kappa shape index (κ1) is 13.8. The normalized spacial score (nSPS) is 10.0. The molecule has 6 nitrogen and oxygen atoms in total. The van der Waals surface area contributed by atoms with Gasteiger partial charge < -0.3 is 16.4 Å². The maximum atomic E-state index is 11.7. The van der Waals surface area contributed by atoms with Crippen molar-refractivity contribution >= 4 is 17.4 Å². The Morgan fingerprint density at radius 3 is 2.70 bits per heavy atom. The average molecular weight is 271 g/mol. The predicted molar refractivity (Wildman–Crippen MR) is 78.3 cm³/mol. The van der Waals surface area contributed by atoms with E-state index in [9.17, 15) is 4.79 Å². The molecule has 0 spiro atoms. The second kappa shape index (κ2) is 7.08. The average Bonchev–Trinajstić information content (AvgIpc) is 2.49. The second-order valence-corrected chi connectivity index (χ2v) is 4.21. The molecule has 0 aliphatic rings. The van der Waals surface area contributed by atoms with Gasteiger partial charge in [0.1, 0.15) is 5.82 Å². The molecule has 0 atom stereocenters. The van der Waals surface area contributed by atoms with Crippen LogP contribution in [0.4, 0.5) is 11.5 Å². The van der Waals surface area contributed by atoms with E-state index in [0.29, 0.717) is 30.2 Å². The maximum absolute atomic E-state index is 11.7. The Balaban J connectivity index is 1.67. The first-order chi connectivity index (χ1) is 9.77. The van der Waals surface area contributed by atoms with Crippen LogP contribution < -0.4 is 16.4 Å². The SMILES string of the molecule is Nc1cccnc1NCCCNC(=O)c1ccncc1. The summed E-state index contributed by atoms with van der Waals surface area (Å²) in [6, 6.07) is 6.94. The van der Waals surface area contributed by atoms with Crippen LogP contribution in [0.15, 0.2) is 42.9 Å². The Morgan fingerprint density at radius 1 is 1.15 bits per heavy atom. The molecule has 0 aromatic carbocycles. The molecular weight excluding hydrogens is 254 g/mol. The Morgan fingerprint density at radius 2 is 1.95 bits per heavy atom. The van der Waals surface area contributed by atoms with Gasteiger partial charge in [-0.2, -0.15) is 0 Å². The van der Waals surface area contributed by atoms with Crippen molar-refractivity contribution in [3.8, 4) is 0 Å². The minimum absolute atomic E-state index is 0.0928. The molecule has 0 fully saturated rings. The number of rotatable bonds is 6. The van der Waals surface area contributed by atoms with Crippen LogP contribution >= 0.6 is 0 Å². The largest absolute Gasteiger partial charge is 0.396 e. The lowest BCUT2D eigenvalue weighted by atomic mass is 10.2. The number of nitrogen functional groups attached to an aromatic ring is 1. The number of hydrogen-bond acceptors (Lipinski definition) is 5. The topological polar surface area (TPSA) is 92.9 Å². The number of amides is 1. The number of nitrogens with one attached hydrogen (secondary N) is 2. The van der Waals surface area contributed by atoms with Gasteiger partial charge in [0.25, 0.3) is 5.91 Å². The third-order valence-electron chi connectivity index (χ3n) is 2.71. The van der Waals surface area contributed by atoms with Crippen molar-refractivity contribution in [1.29, 1.82) is 0 Å². The predicted octanol–water partition coefficient (Wildman–Crippen LogP) is 1.29.